The van der Waals surface area contributed by atoms with Crippen molar-refractivity contribution in [1.29, 1.82) is 0 Å². The smallest absolute Gasteiger partial charge is 0.133 e. The first-order chi connectivity index (χ1) is 6.92. The standard InChI is InChI=1S/C12H16IOSi/c1-12(2,3)14-11-8-9(6-7-15)4-5-10(11)13/h4-5,8H,6-7H2,1-3H3. The van der Waals surface area contributed by atoms with Crippen LogP contribution in [-0.2, 0) is 6.42 Å². The molecule has 0 atom stereocenters. The van der Waals surface area contributed by atoms with Gasteiger partial charge >= 0.3 is 0 Å². The average Bonchev–Trinajstić information content (AvgIpc) is 2.09. The lowest BCUT2D eigenvalue weighted by Gasteiger charge is -2.22. The van der Waals surface area contributed by atoms with Crippen LogP contribution in [0.1, 0.15) is 26.3 Å². The summed E-state index contributed by atoms with van der Waals surface area (Å²) in [6.07, 6.45) is 1.04. The van der Waals surface area contributed by atoms with E-state index in [0.29, 0.717) is 0 Å². The van der Waals surface area contributed by atoms with Gasteiger partial charge in [0.1, 0.15) is 11.4 Å². The Morgan fingerprint density at radius 3 is 2.53 bits per heavy atom. The maximum atomic E-state index is 5.90. The molecule has 0 saturated heterocycles. The molecule has 0 unspecified atom stereocenters. The molecule has 0 aliphatic heterocycles. The van der Waals surface area contributed by atoms with Crippen LogP contribution < -0.4 is 4.74 Å². The van der Waals surface area contributed by atoms with Crippen molar-refractivity contribution in [3.05, 3.63) is 27.3 Å². The highest BCUT2D eigenvalue weighted by Gasteiger charge is 2.14. The van der Waals surface area contributed by atoms with Crippen LogP contribution in [-0.4, -0.2) is 15.8 Å². The fourth-order valence-corrected chi connectivity index (χ4v) is 1.99. The Hall–Kier alpha value is -0.0331. The second-order valence-electron chi connectivity index (χ2n) is 4.48. The maximum absolute atomic E-state index is 5.90. The molecule has 3 radical (unpaired) electrons. The molecule has 3 heteroatoms. The lowest BCUT2D eigenvalue weighted by atomic mass is 10.1. The molecule has 0 N–H and O–H groups in total. The van der Waals surface area contributed by atoms with Crippen LogP contribution in [0.4, 0.5) is 0 Å². The van der Waals surface area contributed by atoms with Gasteiger partial charge in [-0.05, 0) is 67.5 Å². The Labute approximate surface area is 109 Å². The first-order valence-electron chi connectivity index (χ1n) is 5.04. The second-order valence-corrected chi connectivity index (χ2v) is 6.14. The summed E-state index contributed by atoms with van der Waals surface area (Å²) in [5, 5.41) is 0. The topological polar surface area (TPSA) is 9.23 Å². The molecule has 0 fully saturated rings. The van der Waals surface area contributed by atoms with E-state index in [-0.39, 0.29) is 5.60 Å². The summed E-state index contributed by atoms with van der Waals surface area (Å²) in [6, 6.07) is 7.37. The van der Waals surface area contributed by atoms with Crippen LogP contribution in [0.15, 0.2) is 18.2 Å². The lowest BCUT2D eigenvalue weighted by molar-refractivity contribution is 0.129. The van der Waals surface area contributed by atoms with Crippen molar-refractivity contribution in [2.24, 2.45) is 0 Å². The van der Waals surface area contributed by atoms with E-state index in [1.165, 1.54) is 9.13 Å². The van der Waals surface area contributed by atoms with Crippen LogP contribution >= 0.6 is 22.6 Å². The maximum Gasteiger partial charge on any atom is 0.133 e. The summed E-state index contributed by atoms with van der Waals surface area (Å²) in [4.78, 5) is 0. The minimum absolute atomic E-state index is 0.132. The van der Waals surface area contributed by atoms with E-state index in [0.717, 1.165) is 18.2 Å². The van der Waals surface area contributed by atoms with E-state index in [4.69, 9.17) is 4.74 Å². The number of ether oxygens (including phenoxy) is 1. The van der Waals surface area contributed by atoms with Crippen molar-refractivity contribution >= 4 is 32.8 Å². The molecule has 1 aromatic rings. The van der Waals surface area contributed by atoms with Crippen molar-refractivity contribution in [2.75, 3.05) is 0 Å². The predicted molar refractivity (Wildman–Crippen MR) is 73.8 cm³/mol. The van der Waals surface area contributed by atoms with Crippen molar-refractivity contribution < 1.29 is 4.74 Å². The molecular weight excluding hydrogens is 315 g/mol. The quantitative estimate of drug-likeness (QED) is 0.607. The van der Waals surface area contributed by atoms with Crippen LogP contribution in [0.5, 0.6) is 5.75 Å². The zero-order valence-electron chi connectivity index (χ0n) is 9.43. The van der Waals surface area contributed by atoms with Gasteiger partial charge < -0.3 is 4.74 Å². The number of aryl methyl sites for hydroxylation is 1. The fraction of sp³-hybridized carbons (Fsp3) is 0.500. The molecule has 1 rings (SSSR count). The Kier molecular flexibility index (Phi) is 4.64. The van der Waals surface area contributed by atoms with Crippen molar-refractivity contribution in [3.63, 3.8) is 0 Å². The van der Waals surface area contributed by atoms with Crippen LogP contribution in [0.3, 0.4) is 0 Å². The minimum Gasteiger partial charge on any atom is -0.487 e. The minimum atomic E-state index is -0.132. The number of benzene rings is 1. The second kappa shape index (κ2) is 5.34. The Balaban J connectivity index is 2.90. The van der Waals surface area contributed by atoms with Gasteiger partial charge in [-0.15, -0.1) is 0 Å². The van der Waals surface area contributed by atoms with Gasteiger partial charge in [0.25, 0.3) is 0 Å². The third-order valence-electron chi connectivity index (χ3n) is 1.83. The van der Waals surface area contributed by atoms with Gasteiger partial charge in [-0.3, -0.25) is 0 Å². The average molecular weight is 331 g/mol. The normalized spacial score (nSPS) is 11.5. The number of hydrogen-bond acceptors (Lipinski definition) is 1. The van der Waals surface area contributed by atoms with E-state index in [1.54, 1.807) is 0 Å². The third kappa shape index (κ3) is 4.55. The highest BCUT2D eigenvalue weighted by Crippen LogP contribution is 2.26. The number of halogens is 1. The van der Waals surface area contributed by atoms with Gasteiger partial charge in [0, 0.05) is 10.2 Å². The fourth-order valence-electron chi connectivity index (χ4n) is 1.26. The molecule has 0 bridgehead atoms. The molecule has 0 aliphatic rings. The van der Waals surface area contributed by atoms with Gasteiger partial charge in [0.2, 0.25) is 0 Å². The summed E-state index contributed by atoms with van der Waals surface area (Å²) in [5.74, 6) is 0.987. The predicted octanol–water partition coefficient (Wildman–Crippen LogP) is 3.60. The zero-order valence-corrected chi connectivity index (χ0v) is 12.6. The van der Waals surface area contributed by atoms with E-state index in [2.05, 4.69) is 71.8 Å². The summed E-state index contributed by atoms with van der Waals surface area (Å²) in [5.41, 5.74) is 1.18. The number of rotatable bonds is 3. The number of hydrogen-bond donors (Lipinski definition) is 0. The van der Waals surface area contributed by atoms with Gasteiger partial charge in [-0.1, -0.05) is 12.1 Å². The highest BCUT2D eigenvalue weighted by atomic mass is 127. The lowest BCUT2D eigenvalue weighted by Crippen LogP contribution is -2.23. The molecule has 15 heavy (non-hydrogen) atoms. The molecule has 81 valence electrons. The van der Waals surface area contributed by atoms with Gasteiger partial charge in [0.15, 0.2) is 0 Å². The molecule has 0 spiro atoms. The van der Waals surface area contributed by atoms with Crippen LogP contribution in [0.25, 0.3) is 0 Å². The van der Waals surface area contributed by atoms with E-state index in [9.17, 15) is 0 Å². The molecular formula is C12H16IOSi. The van der Waals surface area contributed by atoms with Crippen molar-refractivity contribution in [1.82, 2.24) is 0 Å². The summed E-state index contributed by atoms with van der Waals surface area (Å²) < 4.78 is 7.06. The Bertz CT molecular complexity index is 331. The van der Waals surface area contributed by atoms with E-state index < -0.39 is 0 Å². The molecule has 0 heterocycles. The molecule has 0 aromatic heterocycles. The van der Waals surface area contributed by atoms with Gasteiger partial charge in [-0.25, -0.2) is 0 Å². The Morgan fingerprint density at radius 1 is 1.33 bits per heavy atom. The molecule has 1 aromatic carbocycles. The zero-order chi connectivity index (χ0) is 11.5. The highest BCUT2D eigenvalue weighted by molar-refractivity contribution is 14.1. The largest absolute Gasteiger partial charge is 0.487 e. The van der Waals surface area contributed by atoms with Crippen LogP contribution in [0.2, 0.25) is 6.04 Å². The SMILES string of the molecule is CC(C)(C)Oc1cc(CC[Si])ccc1I. The summed E-state index contributed by atoms with van der Waals surface area (Å²) in [6.45, 7) is 6.21. The van der Waals surface area contributed by atoms with Gasteiger partial charge in [-0.2, -0.15) is 0 Å². The molecule has 0 aliphatic carbocycles. The van der Waals surface area contributed by atoms with Crippen molar-refractivity contribution in [2.45, 2.75) is 38.8 Å². The van der Waals surface area contributed by atoms with E-state index >= 15 is 0 Å². The molecule has 1 nitrogen and oxygen atoms in total. The van der Waals surface area contributed by atoms with Crippen molar-refractivity contribution in [3.8, 4) is 5.75 Å². The third-order valence-corrected chi connectivity index (χ3v) is 2.97. The molecule has 0 saturated carbocycles. The Morgan fingerprint density at radius 2 is 2.00 bits per heavy atom. The van der Waals surface area contributed by atoms with Gasteiger partial charge in [0.05, 0.1) is 3.57 Å². The molecule has 0 amide bonds. The monoisotopic (exact) mass is 331 g/mol. The summed E-state index contributed by atoms with van der Waals surface area (Å²) in [7, 11) is 3.49. The van der Waals surface area contributed by atoms with Crippen LogP contribution in [0, 0.1) is 3.57 Å². The first-order valence-corrected chi connectivity index (χ1v) is 6.83. The first kappa shape index (κ1) is 13.0. The summed E-state index contributed by atoms with van der Waals surface area (Å²) >= 11 is 2.31. The van der Waals surface area contributed by atoms with E-state index in [1.807, 2.05) is 0 Å².